The maximum atomic E-state index is 14.2. The molecule has 0 aliphatic carbocycles. The highest BCUT2D eigenvalue weighted by molar-refractivity contribution is 9.11. The molecule has 1 heterocycles. The van der Waals surface area contributed by atoms with E-state index < -0.39 is 0 Å². The van der Waals surface area contributed by atoms with Crippen molar-refractivity contribution in [3.05, 3.63) is 57.4 Å². The molecule has 0 bridgehead atoms. The molecule has 1 aromatic heterocycles. The minimum absolute atomic E-state index is 0.293. The molecule has 0 aliphatic heterocycles. The summed E-state index contributed by atoms with van der Waals surface area (Å²) in [5.74, 6) is 0.412. The van der Waals surface area contributed by atoms with Gasteiger partial charge in [-0.25, -0.2) is 4.39 Å². The van der Waals surface area contributed by atoms with Gasteiger partial charge in [0.15, 0.2) is 0 Å². The molecule has 3 aromatic rings. The lowest BCUT2D eigenvalue weighted by Gasteiger charge is -2.11. The molecule has 0 N–H and O–H groups in total. The third kappa shape index (κ3) is 2.15. The molecule has 3 rings (SSSR count). The number of fused-ring (bicyclic) bond motifs is 1. The van der Waals surface area contributed by atoms with Crippen LogP contribution in [0.2, 0.25) is 0 Å². The van der Waals surface area contributed by atoms with Crippen molar-refractivity contribution in [3.8, 4) is 11.4 Å². The van der Waals surface area contributed by atoms with Gasteiger partial charge >= 0.3 is 0 Å². The zero-order chi connectivity index (χ0) is 14.3. The third-order valence-electron chi connectivity index (χ3n) is 3.15. The van der Waals surface area contributed by atoms with E-state index in [0.717, 1.165) is 15.4 Å². The third-order valence-corrected chi connectivity index (χ3v) is 4.33. The largest absolute Gasteiger partial charge is 0.495 e. The van der Waals surface area contributed by atoms with Gasteiger partial charge in [0.1, 0.15) is 11.6 Å². The summed E-state index contributed by atoms with van der Waals surface area (Å²) in [6.45, 7) is 0. The fraction of sp³-hybridized carbons (Fsp3) is 0.0667. The summed E-state index contributed by atoms with van der Waals surface area (Å²) >= 11 is 6.77. The molecule has 0 radical (unpaired) electrons. The fourth-order valence-corrected chi connectivity index (χ4v) is 3.02. The number of rotatable bonds is 2. The van der Waals surface area contributed by atoms with E-state index in [1.54, 1.807) is 17.7 Å². The SMILES string of the molecule is COc1ccc(Br)c2ccn(-c3ccc(Br)cc3F)c12. The van der Waals surface area contributed by atoms with Crippen molar-refractivity contribution in [2.75, 3.05) is 7.11 Å². The van der Waals surface area contributed by atoms with Gasteiger partial charge in [0, 0.05) is 20.5 Å². The van der Waals surface area contributed by atoms with Gasteiger partial charge in [-0.15, -0.1) is 0 Å². The quantitative estimate of drug-likeness (QED) is 0.571. The maximum Gasteiger partial charge on any atom is 0.148 e. The number of hydrogen-bond donors (Lipinski definition) is 0. The van der Waals surface area contributed by atoms with Gasteiger partial charge in [-0.1, -0.05) is 31.9 Å². The first-order chi connectivity index (χ1) is 9.61. The number of aromatic nitrogens is 1. The zero-order valence-corrected chi connectivity index (χ0v) is 13.7. The monoisotopic (exact) mass is 397 g/mol. The molecular weight excluding hydrogens is 389 g/mol. The highest BCUT2D eigenvalue weighted by Crippen LogP contribution is 2.35. The molecule has 20 heavy (non-hydrogen) atoms. The van der Waals surface area contributed by atoms with Crippen LogP contribution in [0.1, 0.15) is 0 Å². The number of methoxy groups -OCH3 is 1. The topological polar surface area (TPSA) is 14.2 Å². The Morgan fingerprint density at radius 3 is 2.60 bits per heavy atom. The Kier molecular flexibility index (Phi) is 3.56. The van der Waals surface area contributed by atoms with E-state index >= 15 is 0 Å². The highest BCUT2D eigenvalue weighted by atomic mass is 79.9. The van der Waals surface area contributed by atoms with E-state index in [2.05, 4.69) is 31.9 Å². The molecule has 0 spiro atoms. The smallest absolute Gasteiger partial charge is 0.148 e. The van der Waals surface area contributed by atoms with Crippen LogP contribution < -0.4 is 4.74 Å². The van der Waals surface area contributed by atoms with Crippen LogP contribution in [-0.2, 0) is 0 Å². The number of hydrogen-bond acceptors (Lipinski definition) is 1. The number of halogens is 3. The number of benzene rings is 2. The van der Waals surface area contributed by atoms with Gasteiger partial charge in [-0.3, -0.25) is 0 Å². The second-order valence-corrected chi connectivity index (χ2v) is 6.06. The Morgan fingerprint density at radius 2 is 1.90 bits per heavy atom. The Bertz CT molecular complexity index is 798. The lowest BCUT2D eigenvalue weighted by atomic mass is 10.2. The molecule has 0 aliphatic rings. The van der Waals surface area contributed by atoms with Crippen LogP contribution in [-0.4, -0.2) is 11.7 Å². The summed E-state index contributed by atoms with van der Waals surface area (Å²) < 4.78 is 23.0. The molecule has 5 heteroatoms. The molecule has 2 nitrogen and oxygen atoms in total. The molecule has 0 fully saturated rings. The van der Waals surface area contributed by atoms with Gasteiger partial charge in [0.25, 0.3) is 0 Å². The van der Waals surface area contributed by atoms with Crippen molar-refractivity contribution in [3.63, 3.8) is 0 Å². The van der Waals surface area contributed by atoms with Crippen LogP contribution in [0.15, 0.2) is 51.5 Å². The predicted molar refractivity (Wildman–Crippen MR) is 85.2 cm³/mol. The van der Waals surface area contributed by atoms with Crippen LogP contribution >= 0.6 is 31.9 Å². The standard InChI is InChI=1S/C15H10Br2FNO/c1-20-14-5-3-11(17)10-6-7-19(15(10)14)13-4-2-9(16)8-12(13)18/h2-8H,1H3. The van der Waals surface area contributed by atoms with Crippen LogP contribution in [0.5, 0.6) is 5.75 Å². The molecule has 0 amide bonds. The van der Waals surface area contributed by atoms with Crippen molar-refractivity contribution in [1.29, 1.82) is 0 Å². The summed E-state index contributed by atoms with van der Waals surface area (Å²) in [5.41, 5.74) is 1.32. The molecule has 0 saturated carbocycles. The second-order valence-electron chi connectivity index (χ2n) is 4.29. The van der Waals surface area contributed by atoms with Crippen LogP contribution in [0.25, 0.3) is 16.6 Å². The van der Waals surface area contributed by atoms with Gasteiger partial charge in [0.2, 0.25) is 0 Å². The normalized spacial score (nSPS) is 11.0. The summed E-state index contributed by atoms with van der Waals surface area (Å²) in [6.07, 6.45) is 1.84. The van der Waals surface area contributed by atoms with Crippen molar-refractivity contribution in [1.82, 2.24) is 4.57 Å². The first-order valence-corrected chi connectivity index (χ1v) is 7.49. The molecule has 0 atom stereocenters. The van der Waals surface area contributed by atoms with E-state index in [1.807, 2.05) is 30.5 Å². The van der Waals surface area contributed by atoms with Crippen molar-refractivity contribution >= 4 is 42.8 Å². The summed E-state index contributed by atoms with van der Waals surface area (Å²) in [6, 6.07) is 10.7. The second kappa shape index (κ2) is 5.22. The average Bonchev–Trinajstić information content (AvgIpc) is 2.85. The molecule has 0 saturated heterocycles. The van der Waals surface area contributed by atoms with E-state index in [4.69, 9.17) is 4.74 Å². The Morgan fingerprint density at radius 1 is 1.10 bits per heavy atom. The Labute approximate surface area is 132 Å². The maximum absolute atomic E-state index is 14.2. The number of ether oxygens (including phenoxy) is 1. The van der Waals surface area contributed by atoms with Crippen molar-refractivity contribution < 1.29 is 9.13 Å². The van der Waals surface area contributed by atoms with E-state index in [1.165, 1.54) is 6.07 Å². The van der Waals surface area contributed by atoms with Gasteiger partial charge in [0.05, 0.1) is 18.3 Å². The van der Waals surface area contributed by atoms with Crippen LogP contribution in [0.4, 0.5) is 4.39 Å². The lowest BCUT2D eigenvalue weighted by molar-refractivity contribution is 0.418. The fourth-order valence-electron chi connectivity index (χ4n) is 2.24. The summed E-state index contributed by atoms with van der Waals surface area (Å²) in [5, 5.41) is 0.978. The average molecular weight is 399 g/mol. The summed E-state index contributed by atoms with van der Waals surface area (Å²) in [4.78, 5) is 0. The van der Waals surface area contributed by atoms with Gasteiger partial charge in [-0.2, -0.15) is 0 Å². The van der Waals surface area contributed by atoms with Crippen molar-refractivity contribution in [2.24, 2.45) is 0 Å². The highest BCUT2D eigenvalue weighted by Gasteiger charge is 2.14. The first kappa shape index (κ1) is 13.6. The molecule has 2 aromatic carbocycles. The van der Waals surface area contributed by atoms with Gasteiger partial charge in [-0.05, 0) is 36.4 Å². The van der Waals surface area contributed by atoms with Crippen LogP contribution in [0.3, 0.4) is 0 Å². The van der Waals surface area contributed by atoms with E-state index in [0.29, 0.717) is 15.9 Å². The Balaban J connectivity index is 2.34. The number of nitrogens with zero attached hydrogens (tertiary/aromatic N) is 1. The zero-order valence-electron chi connectivity index (χ0n) is 10.5. The molecule has 102 valence electrons. The predicted octanol–water partition coefficient (Wildman–Crippen LogP) is 5.30. The molecular formula is C15H10Br2FNO. The minimum atomic E-state index is -0.293. The van der Waals surface area contributed by atoms with E-state index in [-0.39, 0.29) is 5.82 Å². The van der Waals surface area contributed by atoms with E-state index in [9.17, 15) is 4.39 Å². The van der Waals surface area contributed by atoms with Crippen LogP contribution in [0, 0.1) is 5.82 Å². The first-order valence-electron chi connectivity index (χ1n) is 5.91. The summed E-state index contributed by atoms with van der Waals surface area (Å²) in [7, 11) is 1.61. The minimum Gasteiger partial charge on any atom is -0.495 e. The molecule has 0 unspecified atom stereocenters. The Hall–Kier alpha value is -1.33. The van der Waals surface area contributed by atoms with Crippen molar-refractivity contribution in [2.45, 2.75) is 0 Å². The van der Waals surface area contributed by atoms with Gasteiger partial charge < -0.3 is 9.30 Å². The lowest BCUT2D eigenvalue weighted by Crippen LogP contribution is -1.98.